The number of hydrogen-bond acceptors (Lipinski definition) is 2. The van der Waals surface area contributed by atoms with E-state index >= 15 is 0 Å². The van der Waals surface area contributed by atoms with Crippen LogP contribution in [-0.2, 0) is 11.2 Å². The highest BCUT2D eigenvalue weighted by atomic mass is 19.1. The average molecular weight is 326 g/mol. The van der Waals surface area contributed by atoms with Crippen molar-refractivity contribution in [1.82, 2.24) is 5.32 Å². The van der Waals surface area contributed by atoms with Gasteiger partial charge in [0.2, 0.25) is 5.91 Å². The molecule has 1 heterocycles. The number of para-hydroxylation sites is 1. The van der Waals surface area contributed by atoms with Gasteiger partial charge in [-0.3, -0.25) is 9.59 Å². The Bertz CT molecular complexity index is 746. The minimum atomic E-state index is -0.367. The van der Waals surface area contributed by atoms with Crippen LogP contribution in [0.4, 0.5) is 10.1 Å². The summed E-state index contributed by atoms with van der Waals surface area (Å²) in [6, 6.07) is 13.7. The van der Waals surface area contributed by atoms with Crippen LogP contribution in [0.25, 0.3) is 0 Å². The van der Waals surface area contributed by atoms with Crippen molar-refractivity contribution < 1.29 is 14.0 Å². The molecule has 0 saturated carbocycles. The molecular weight excluding hydrogens is 307 g/mol. The molecular formula is C19H19FN2O2. The topological polar surface area (TPSA) is 49.4 Å². The maximum absolute atomic E-state index is 14.1. The van der Waals surface area contributed by atoms with Crippen LogP contribution in [0.1, 0.15) is 28.8 Å². The van der Waals surface area contributed by atoms with Gasteiger partial charge in [0.25, 0.3) is 5.91 Å². The molecule has 0 aromatic heterocycles. The highest BCUT2D eigenvalue weighted by Gasteiger charge is 2.25. The second-order valence-electron chi connectivity index (χ2n) is 5.77. The van der Waals surface area contributed by atoms with Crippen molar-refractivity contribution in [3.05, 3.63) is 65.5 Å². The monoisotopic (exact) mass is 326 g/mol. The molecule has 0 saturated heterocycles. The molecule has 0 spiro atoms. The predicted octanol–water partition coefficient (Wildman–Crippen LogP) is 2.93. The normalized spacial score (nSPS) is 13.3. The van der Waals surface area contributed by atoms with Crippen molar-refractivity contribution in [3.8, 4) is 0 Å². The lowest BCUT2D eigenvalue weighted by Gasteiger charge is -2.30. The van der Waals surface area contributed by atoms with Crippen LogP contribution in [0, 0.1) is 5.82 Å². The van der Waals surface area contributed by atoms with Crippen molar-refractivity contribution in [2.75, 3.05) is 18.0 Å². The molecule has 0 unspecified atom stereocenters. The number of nitrogens with one attached hydrogen (secondary N) is 1. The van der Waals surface area contributed by atoms with Crippen LogP contribution < -0.4 is 10.2 Å². The number of carbonyl (C=O) groups excluding carboxylic acids is 2. The first kappa shape index (κ1) is 16.2. The van der Waals surface area contributed by atoms with Gasteiger partial charge in [-0.05, 0) is 36.6 Å². The Morgan fingerprint density at radius 1 is 1.08 bits per heavy atom. The number of fused-ring (bicyclic) bond motifs is 1. The quantitative estimate of drug-likeness (QED) is 0.939. The van der Waals surface area contributed by atoms with E-state index in [1.54, 1.807) is 30.3 Å². The maximum Gasteiger partial charge on any atom is 0.251 e. The van der Waals surface area contributed by atoms with Gasteiger partial charge in [0.05, 0.1) is 5.69 Å². The first-order valence-corrected chi connectivity index (χ1v) is 8.08. The van der Waals surface area contributed by atoms with Crippen molar-refractivity contribution in [1.29, 1.82) is 0 Å². The lowest BCUT2D eigenvalue weighted by Crippen LogP contribution is -2.38. The van der Waals surface area contributed by atoms with Gasteiger partial charge in [-0.25, -0.2) is 4.39 Å². The first-order valence-electron chi connectivity index (χ1n) is 8.08. The Hall–Kier alpha value is -2.69. The Balaban J connectivity index is 1.60. The first-order chi connectivity index (χ1) is 11.7. The summed E-state index contributed by atoms with van der Waals surface area (Å²) in [5.41, 5.74) is 1.81. The maximum atomic E-state index is 14.1. The van der Waals surface area contributed by atoms with Crippen LogP contribution in [0.2, 0.25) is 0 Å². The van der Waals surface area contributed by atoms with E-state index < -0.39 is 0 Å². The molecule has 5 heteroatoms. The molecule has 1 aliphatic heterocycles. The number of halogens is 1. The second kappa shape index (κ2) is 7.25. The summed E-state index contributed by atoms with van der Waals surface area (Å²) >= 11 is 0. The van der Waals surface area contributed by atoms with E-state index in [2.05, 4.69) is 5.32 Å². The average Bonchev–Trinajstić information content (AvgIpc) is 2.62. The molecule has 2 aromatic rings. The number of nitrogens with zero attached hydrogens (tertiary/aromatic N) is 1. The van der Waals surface area contributed by atoms with E-state index in [1.165, 1.54) is 11.0 Å². The zero-order valence-electron chi connectivity index (χ0n) is 13.3. The minimum absolute atomic E-state index is 0.145. The lowest BCUT2D eigenvalue weighted by atomic mass is 10.0. The molecule has 0 bridgehead atoms. The summed E-state index contributed by atoms with van der Waals surface area (Å²) in [6.07, 6.45) is 1.74. The fraction of sp³-hybridized carbons (Fsp3) is 0.263. The van der Waals surface area contributed by atoms with Crippen LogP contribution in [0.3, 0.4) is 0 Å². The fourth-order valence-electron chi connectivity index (χ4n) is 2.96. The molecule has 3 rings (SSSR count). The highest BCUT2D eigenvalue weighted by molar-refractivity contribution is 5.96. The molecule has 4 nitrogen and oxygen atoms in total. The molecule has 1 N–H and O–H groups in total. The van der Waals surface area contributed by atoms with Gasteiger partial charge < -0.3 is 10.2 Å². The molecule has 0 atom stereocenters. The van der Waals surface area contributed by atoms with E-state index in [0.717, 1.165) is 18.4 Å². The molecule has 2 amide bonds. The summed E-state index contributed by atoms with van der Waals surface area (Å²) in [5, 5.41) is 2.73. The largest absolute Gasteiger partial charge is 0.352 e. The summed E-state index contributed by atoms with van der Waals surface area (Å²) in [5.74, 6) is -0.753. The fourth-order valence-corrected chi connectivity index (χ4v) is 2.96. The van der Waals surface area contributed by atoms with E-state index in [0.29, 0.717) is 17.8 Å². The van der Waals surface area contributed by atoms with Crippen LogP contribution >= 0.6 is 0 Å². The van der Waals surface area contributed by atoms with E-state index in [4.69, 9.17) is 0 Å². The van der Waals surface area contributed by atoms with Crippen LogP contribution in [-0.4, -0.2) is 24.9 Å². The van der Waals surface area contributed by atoms with Gasteiger partial charge in [0, 0.05) is 25.1 Å². The van der Waals surface area contributed by atoms with Gasteiger partial charge in [-0.15, -0.1) is 0 Å². The van der Waals surface area contributed by atoms with Gasteiger partial charge >= 0.3 is 0 Å². The van der Waals surface area contributed by atoms with Crippen molar-refractivity contribution >= 4 is 17.5 Å². The number of hydrogen-bond donors (Lipinski definition) is 1. The van der Waals surface area contributed by atoms with Gasteiger partial charge in [0.15, 0.2) is 0 Å². The van der Waals surface area contributed by atoms with Crippen LogP contribution in [0.5, 0.6) is 0 Å². The third-order valence-corrected chi connectivity index (χ3v) is 4.13. The SMILES string of the molecule is O=C(NCCC(=O)N1CCCc2cccc(F)c21)c1ccccc1. The Morgan fingerprint density at radius 2 is 1.88 bits per heavy atom. The standard InChI is InChI=1S/C19H19FN2O2/c20-16-10-4-8-14-9-5-13-22(18(14)16)17(23)11-12-21-19(24)15-6-2-1-3-7-15/h1-4,6-8,10H,5,9,11-13H2,(H,21,24). The number of carbonyl (C=O) groups is 2. The van der Waals surface area contributed by atoms with Crippen molar-refractivity contribution in [2.24, 2.45) is 0 Å². The number of anilines is 1. The number of amides is 2. The Kier molecular flexibility index (Phi) is 4.89. The van der Waals surface area contributed by atoms with E-state index in [1.807, 2.05) is 12.1 Å². The molecule has 124 valence electrons. The molecule has 0 fully saturated rings. The number of aryl methyl sites for hydroxylation is 1. The highest BCUT2D eigenvalue weighted by Crippen LogP contribution is 2.30. The van der Waals surface area contributed by atoms with Gasteiger partial charge in [0.1, 0.15) is 5.82 Å². The van der Waals surface area contributed by atoms with E-state index in [9.17, 15) is 14.0 Å². The molecule has 0 radical (unpaired) electrons. The summed E-state index contributed by atoms with van der Waals surface area (Å²) in [6.45, 7) is 0.742. The second-order valence-corrected chi connectivity index (χ2v) is 5.77. The summed E-state index contributed by atoms with van der Waals surface area (Å²) in [7, 11) is 0. The minimum Gasteiger partial charge on any atom is -0.352 e. The lowest BCUT2D eigenvalue weighted by molar-refractivity contribution is -0.118. The predicted molar refractivity (Wildman–Crippen MR) is 90.5 cm³/mol. The van der Waals surface area contributed by atoms with Gasteiger partial charge in [-0.2, -0.15) is 0 Å². The molecule has 2 aromatic carbocycles. The number of benzene rings is 2. The van der Waals surface area contributed by atoms with Crippen LogP contribution in [0.15, 0.2) is 48.5 Å². The van der Waals surface area contributed by atoms with Gasteiger partial charge in [-0.1, -0.05) is 30.3 Å². The molecule has 0 aliphatic carbocycles. The van der Waals surface area contributed by atoms with E-state index in [-0.39, 0.29) is 30.6 Å². The zero-order valence-corrected chi connectivity index (χ0v) is 13.3. The molecule has 24 heavy (non-hydrogen) atoms. The Labute approximate surface area is 140 Å². The third-order valence-electron chi connectivity index (χ3n) is 4.13. The smallest absolute Gasteiger partial charge is 0.251 e. The summed E-state index contributed by atoms with van der Waals surface area (Å²) < 4.78 is 14.1. The molecule has 1 aliphatic rings. The van der Waals surface area contributed by atoms with Crippen molar-refractivity contribution in [3.63, 3.8) is 0 Å². The Morgan fingerprint density at radius 3 is 2.67 bits per heavy atom. The summed E-state index contributed by atoms with van der Waals surface area (Å²) in [4.78, 5) is 25.9. The number of rotatable bonds is 4. The zero-order chi connectivity index (χ0) is 16.9. The third kappa shape index (κ3) is 3.45. The van der Waals surface area contributed by atoms with Crippen molar-refractivity contribution in [2.45, 2.75) is 19.3 Å².